The van der Waals surface area contributed by atoms with Crippen LogP contribution < -0.4 is 5.32 Å². The van der Waals surface area contributed by atoms with Crippen molar-refractivity contribution in [3.63, 3.8) is 0 Å². The summed E-state index contributed by atoms with van der Waals surface area (Å²) in [7, 11) is 0. The van der Waals surface area contributed by atoms with Crippen molar-refractivity contribution in [2.45, 2.75) is 6.61 Å². The summed E-state index contributed by atoms with van der Waals surface area (Å²) in [6.45, 7) is -0.205. The number of nitro groups is 1. The normalized spacial score (nSPS) is 10.6. The fraction of sp³-hybridized carbons (Fsp3) is 0.158. The predicted octanol–water partition coefficient (Wildman–Crippen LogP) is 3.66. The molecule has 0 radical (unpaired) electrons. The number of nitrogens with one attached hydrogen (secondary N) is 1. The number of benzene rings is 2. The lowest BCUT2D eigenvalue weighted by Gasteiger charge is -2.10. The number of aromatic nitrogens is 1. The van der Waals surface area contributed by atoms with Gasteiger partial charge in [0.05, 0.1) is 17.1 Å². The monoisotopic (exact) mass is 417 g/mol. The lowest BCUT2D eigenvalue weighted by atomic mass is 10.1. The third-order valence-electron chi connectivity index (χ3n) is 3.91. The highest BCUT2D eigenvalue weighted by Gasteiger charge is 2.19. The van der Waals surface area contributed by atoms with Crippen LogP contribution in [0.15, 0.2) is 53.1 Å². The molecule has 0 aliphatic heterocycles. The zero-order valence-corrected chi connectivity index (χ0v) is 15.8. The van der Waals surface area contributed by atoms with Crippen molar-refractivity contribution in [2.24, 2.45) is 0 Å². The summed E-state index contributed by atoms with van der Waals surface area (Å²) in [5, 5.41) is 27.3. The van der Waals surface area contributed by atoms with Gasteiger partial charge in [0.1, 0.15) is 5.69 Å². The second-order valence-corrected chi connectivity index (χ2v) is 6.34. The lowest BCUT2D eigenvalue weighted by Crippen LogP contribution is -2.12. The van der Waals surface area contributed by atoms with Crippen LogP contribution in [-0.2, 0) is 11.3 Å². The Kier molecular flexibility index (Phi) is 6.43. The van der Waals surface area contributed by atoms with Gasteiger partial charge in [-0.25, -0.2) is 4.79 Å². The number of hydrogen-bond acceptors (Lipinski definition) is 8. The summed E-state index contributed by atoms with van der Waals surface area (Å²) >= 11 is 5.86. The van der Waals surface area contributed by atoms with Crippen LogP contribution in [0.5, 0.6) is 0 Å². The molecule has 0 saturated heterocycles. The van der Waals surface area contributed by atoms with E-state index in [9.17, 15) is 14.9 Å². The van der Waals surface area contributed by atoms with Crippen molar-refractivity contribution in [3.8, 4) is 11.3 Å². The van der Waals surface area contributed by atoms with Crippen LogP contribution in [0.3, 0.4) is 0 Å². The zero-order chi connectivity index (χ0) is 20.8. The second kappa shape index (κ2) is 9.18. The molecule has 10 heteroatoms. The molecule has 0 atom stereocenters. The second-order valence-electron chi connectivity index (χ2n) is 5.90. The van der Waals surface area contributed by atoms with E-state index in [-0.39, 0.29) is 31.0 Å². The number of aliphatic hydroxyl groups excluding tert-OH is 1. The molecule has 0 unspecified atom stereocenters. The Bertz CT molecular complexity index is 1020. The summed E-state index contributed by atoms with van der Waals surface area (Å²) in [5.41, 5.74) is 1.37. The number of carbonyl (C=O) groups is 1. The summed E-state index contributed by atoms with van der Waals surface area (Å²) in [6, 6.07) is 12.4. The SMILES string of the molecule is O=C(OCc1cc(-c2ccc(Cl)cc2)no1)c1cc([N+](=O)[O-])ccc1NCCO. The van der Waals surface area contributed by atoms with Crippen molar-refractivity contribution >= 4 is 28.9 Å². The molecule has 0 spiro atoms. The third-order valence-corrected chi connectivity index (χ3v) is 4.16. The Hall–Kier alpha value is -3.43. The van der Waals surface area contributed by atoms with E-state index in [0.717, 1.165) is 11.6 Å². The maximum Gasteiger partial charge on any atom is 0.340 e. The maximum atomic E-state index is 12.5. The zero-order valence-electron chi connectivity index (χ0n) is 15.0. The van der Waals surface area contributed by atoms with Crippen LogP contribution in [0, 0.1) is 10.1 Å². The molecule has 3 aromatic rings. The highest BCUT2D eigenvalue weighted by Crippen LogP contribution is 2.25. The molecule has 0 amide bonds. The molecule has 0 aliphatic rings. The molecule has 3 rings (SSSR count). The quantitative estimate of drug-likeness (QED) is 0.323. The van der Waals surface area contributed by atoms with Gasteiger partial charge in [0.25, 0.3) is 5.69 Å². The Labute approximate surface area is 170 Å². The number of aliphatic hydroxyl groups is 1. The standard InChI is InChI=1S/C19H16ClN3O6/c20-13-3-1-12(2-4-13)18-10-15(29-22-18)11-28-19(25)16-9-14(23(26)27)5-6-17(16)21-7-8-24/h1-6,9-10,21,24H,7-8,11H2. The number of rotatable bonds is 8. The Morgan fingerprint density at radius 3 is 2.69 bits per heavy atom. The van der Waals surface area contributed by atoms with E-state index in [1.807, 2.05) is 0 Å². The fourth-order valence-corrected chi connectivity index (χ4v) is 2.64. The van der Waals surface area contributed by atoms with Crippen molar-refractivity contribution in [1.29, 1.82) is 0 Å². The number of esters is 1. The van der Waals surface area contributed by atoms with Crippen molar-refractivity contribution in [3.05, 3.63) is 75.0 Å². The van der Waals surface area contributed by atoms with Crippen LogP contribution in [0.2, 0.25) is 5.02 Å². The molecule has 1 aromatic heterocycles. The van der Waals surface area contributed by atoms with Gasteiger partial charge in [-0.05, 0) is 18.2 Å². The van der Waals surface area contributed by atoms with E-state index in [4.69, 9.17) is 26.0 Å². The Morgan fingerprint density at radius 1 is 1.24 bits per heavy atom. The van der Waals surface area contributed by atoms with Crippen LogP contribution in [-0.4, -0.2) is 34.3 Å². The molecule has 2 aromatic carbocycles. The number of nitrogens with zero attached hydrogens (tertiary/aromatic N) is 2. The first-order chi connectivity index (χ1) is 14.0. The minimum Gasteiger partial charge on any atom is -0.454 e. The van der Waals surface area contributed by atoms with Gasteiger partial charge in [-0.3, -0.25) is 10.1 Å². The van der Waals surface area contributed by atoms with E-state index < -0.39 is 10.9 Å². The number of non-ortho nitro benzene ring substituents is 1. The predicted molar refractivity (Wildman–Crippen MR) is 105 cm³/mol. The number of halogens is 1. The average Bonchev–Trinajstić information content (AvgIpc) is 3.19. The highest BCUT2D eigenvalue weighted by atomic mass is 35.5. The van der Waals surface area contributed by atoms with Gasteiger partial charge in [0.15, 0.2) is 12.4 Å². The molecule has 0 fully saturated rings. The molecule has 150 valence electrons. The first-order valence-corrected chi connectivity index (χ1v) is 8.87. The van der Waals surface area contributed by atoms with Crippen LogP contribution in [0.4, 0.5) is 11.4 Å². The van der Waals surface area contributed by atoms with Gasteiger partial charge in [-0.1, -0.05) is 28.9 Å². The molecule has 29 heavy (non-hydrogen) atoms. The molecule has 9 nitrogen and oxygen atoms in total. The van der Waals surface area contributed by atoms with Crippen LogP contribution in [0.25, 0.3) is 11.3 Å². The van der Waals surface area contributed by atoms with Crippen molar-refractivity contribution < 1.29 is 24.1 Å². The number of anilines is 1. The molecule has 0 bridgehead atoms. The first-order valence-electron chi connectivity index (χ1n) is 8.50. The molecule has 0 aliphatic carbocycles. The molecular formula is C19H16ClN3O6. The Balaban J connectivity index is 1.72. The summed E-state index contributed by atoms with van der Waals surface area (Å²) in [5.74, 6) is -0.475. The molecule has 1 heterocycles. The van der Waals surface area contributed by atoms with Gasteiger partial charge < -0.3 is 19.7 Å². The van der Waals surface area contributed by atoms with Gasteiger partial charge in [0, 0.05) is 41.0 Å². The maximum absolute atomic E-state index is 12.5. The van der Waals surface area contributed by atoms with E-state index in [0.29, 0.717) is 22.2 Å². The summed E-state index contributed by atoms with van der Waals surface area (Å²) in [4.78, 5) is 22.9. The smallest absolute Gasteiger partial charge is 0.340 e. The first kappa shape index (κ1) is 20.3. The van der Waals surface area contributed by atoms with Crippen molar-refractivity contribution in [1.82, 2.24) is 5.16 Å². The number of hydrogen-bond donors (Lipinski definition) is 2. The van der Waals surface area contributed by atoms with Crippen LogP contribution in [0.1, 0.15) is 16.1 Å². The molecule has 2 N–H and O–H groups in total. The van der Waals surface area contributed by atoms with E-state index in [1.54, 1.807) is 30.3 Å². The summed E-state index contributed by atoms with van der Waals surface area (Å²) < 4.78 is 10.4. The van der Waals surface area contributed by atoms with Gasteiger partial charge in [-0.2, -0.15) is 0 Å². The third kappa shape index (κ3) is 5.09. The van der Waals surface area contributed by atoms with Gasteiger partial charge >= 0.3 is 5.97 Å². The molecular weight excluding hydrogens is 402 g/mol. The number of carbonyl (C=O) groups excluding carboxylic acids is 1. The van der Waals surface area contributed by atoms with E-state index in [1.165, 1.54) is 12.1 Å². The lowest BCUT2D eigenvalue weighted by molar-refractivity contribution is -0.384. The van der Waals surface area contributed by atoms with E-state index in [2.05, 4.69) is 10.5 Å². The minimum absolute atomic E-state index is 0.0231. The van der Waals surface area contributed by atoms with Gasteiger partial charge in [-0.15, -0.1) is 0 Å². The molecule has 0 saturated carbocycles. The van der Waals surface area contributed by atoms with Crippen LogP contribution >= 0.6 is 11.6 Å². The average molecular weight is 418 g/mol. The Morgan fingerprint density at radius 2 is 2.00 bits per heavy atom. The fourth-order valence-electron chi connectivity index (χ4n) is 2.51. The highest BCUT2D eigenvalue weighted by molar-refractivity contribution is 6.30. The summed E-state index contributed by atoms with van der Waals surface area (Å²) in [6.07, 6.45) is 0. The topological polar surface area (TPSA) is 128 Å². The minimum atomic E-state index is -0.779. The number of ether oxygens (including phenoxy) is 1. The van der Waals surface area contributed by atoms with Crippen molar-refractivity contribution in [2.75, 3.05) is 18.5 Å². The number of nitro benzene ring substituents is 1. The van der Waals surface area contributed by atoms with E-state index >= 15 is 0 Å². The van der Waals surface area contributed by atoms with Gasteiger partial charge in [0.2, 0.25) is 0 Å². The largest absolute Gasteiger partial charge is 0.454 e.